The lowest BCUT2D eigenvalue weighted by Gasteiger charge is -2.41. The average Bonchev–Trinajstić information content (AvgIpc) is 3.05. The molecule has 1 aliphatic rings. The zero-order valence-corrected chi connectivity index (χ0v) is 26.1. The van der Waals surface area contributed by atoms with Crippen molar-refractivity contribution in [2.45, 2.75) is 19.9 Å². The highest BCUT2D eigenvalue weighted by molar-refractivity contribution is 5.97. The maximum Gasteiger partial charge on any atom is 0.409 e. The van der Waals surface area contributed by atoms with Crippen LogP contribution in [0.2, 0.25) is 0 Å². The third kappa shape index (κ3) is 7.09. The van der Waals surface area contributed by atoms with E-state index in [4.69, 9.17) is 33.2 Å². The van der Waals surface area contributed by atoms with Gasteiger partial charge < -0.3 is 47.9 Å². The van der Waals surface area contributed by atoms with E-state index in [1.165, 1.54) is 47.6 Å². The van der Waals surface area contributed by atoms with E-state index < -0.39 is 12.1 Å². The molecule has 2 aromatic carbocycles. The van der Waals surface area contributed by atoms with Gasteiger partial charge >= 0.3 is 6.09 Å². The molecular weight excluding hydrogens is 562 g/mol. The molecule has 2 aromatic rings. The molecule has 1 atom stereocenters. The van der Waals surface area contributed by atoms with Gasteiger partial charge in [0.25, 0.3) is 11.8 Å². The largest absolute Gasteiger partial charge is 0.493 e. The Morgan fingerprint density at radius 2 is 1.14 bits per heavy atom. The average molecular weight is 604 g/mol. The molecule has 0 bridgehead atoms. The molecule has 13 nitrogen and oxygen atoms in total. The smallest absolute Gasteiger partial charge is 0.409 e. The number of benzene rings is 2. The Balaban J connectivity index is 1.95. The summed E-state index contributed by atoms with van der Waals surface area (Å²) in [5, 5.41) is 0. The fourth-order valence-corrected chi connectivity index (χ4v) is 4.95. The van der Waals surface area contributed by atoms with Gasteiger partial charge in [0.1, 0.15) is 6.61 Å². The first kappa shape index (κ1) is 33.0. The standard InChI is InChI=1S/C30H41N3O10/c1-9-31(10-2)30(36)43-18-21-17-32(28(34)19-13-22(37-3)26(41-7)23(14-19)38-4)11-12-33(21)29(35)20-15-24(39-5)27(42-8)25(16-20)40-6/h13-16,21H,9-12,17-18H2,1-8H3/t21-/m0/s1. The highest BCUT2D eigenvalue weighted by Gasteiger charge is 2.36. The molecule has 236 valence electrons. The minimum Gasteiger partial charge on any atom is -0.493 e. The van der Waals surface area contributed by atoms with Gasteiger partial charge in [-0.15, -0.1) is 0 Å². The van der Waals surface area contributed by atoms with Gasteiger partial charge in [-0.3, -0.25) is 9.59 Å². The summed E-state index contributed by atoms with van der Waals surface area (Å²) in [6.07, 6.45) is -0.502. The summed E-state index contributed by atoms with van der Waals surface area (Å²) < 4.78 is 38.1. The van der Waals surface area contributed by atoms with E-state index >= 15 is 0 Å². The zero-order chi connectivity index (χ0) is 31.7. The lowest BCUT2D eigenvalue weighted by Crippen LogP contribution is -2.58. The molecule has 0 saturated carbocycles. The van der Waals surface area contributed by atoms with Gasteiger partial charge in [0.05, 0.1) is 48.7 Å². The summed E-state index contributed by atoms with van der Waals surface area (Å²) in [6, 6.07) is 5.64. The van der Waals surface area contributed by atoms with Gasteiger partial charge in [-0.25, -0.2) is 4.79 Å². The van der Waals surface area contributed by atoms with Gasteiger partial charge in [0.2, 0.25) is 11.5 Å². The van der Waals surface area contributed by atoms with Crippen molar-refractivity contribution in [3.05, 3.63) is 35.4 Å². The number of hydrogen-bond donors (Lipinski definition) is 0. The van der Waals surface area contributed by atoms with Crippen molar-refractivity contribution in [2.24, 2.45) is 0 Å². The summed E-state index contributed by atoms with van der Waals surface area (Å²) in [5.74, 6) is 1.40. The quantitative estimate of drug-likeness (QED) is 0.357. The number of nitrogens with zero attached hydrogens (tertiary/aromatic N) is 3. The van der Waals surface area contributed by atoms with E-state index in [0.717, 1.165) is 0 Å². The summed E-state index contributed by atoms with van der Waals surface area (Å²) in [7, 11) is 8.84. The normalized spacial score (nSPS) is 14.5. The van der Waals surface area contributed by atoms with E-state index in [2.05, 4.69) is 0 Å². The number of piperazine rings is 1. The molecule has 1 fully saturated rings. The number of hydrogen-bond acceptors (Lipinski definition) is 10. The first-order chi connectivity index (χ1) is 20.7. The molecule has 43 heavy (non-hydrogen) atoms. The third-order valence-corrected chi connectivity index (χ3v) is 7.27. The van der Waals surface area contributed by atoms with E-state index in [9.17, 15) is 14.4 Å². The van der Waals surface area contributed by atoms with Crippen LogP contribution in [0.25, 0.3) is 0 Å². The van der Waals surface area contributed by atoms with Crippen LogP contribution in [0, 0.1) is 0 Å². The number of rotatable bonds is 12. The molecule has 1 aliphatic heterocycles. The first-order valence-electron chi connectivity index (χ1n) is 13.8. The van der Waals surface area contributed by atoms with Crippen LogP contribution < -0.4 is 28.4 Å². The van der Waals surface area contributed by atoms with Crippen molar-refractivity contribution in [3.8, 4) is 34.5 Å². The number of ether oxygens (including phenoxy) is 7. The molecule has 3 rings (SSSR count). The van der Waals surface area contributed by atoms with Crippen molar-refractivity contribution < 1.29 is 47.5 Å². The Hall–Kier alpha value is -4.55. The Bertz CT molecular complexity index is 1250. The zero-order valence-electron chi connectivity index (χ0n) is 26.1. The van der Waals surface area contributed by atoms with Crippen molar-refractivity contribution >= 4 is 17.9 Å². The lowest BCUT2D eigenvalue weighted by molar-refractivity contribution is 0.0183. The minimum atomic E-state index is -0.647. The van der Waals surface area contributed by atoms with E-state index in [-0.39, 0.29) is 38.1 Å². The van der Waals surface area contributed by atoms with Crippen LogP contribution >= 0.6 is 0 Å². The van der Waals surface area contributed by atoms with Crippen LogP contribution in [0.4, 0.5) is 4.79 Å². The second-order valence-electron chi connectivity index (χ2n) is 9.48. The van der Waals surface area contributed by atoms with Gasteiger partial charge in [-0.05, 0) is 38.1 Å². The van der Waals surface area contributed by atoms with Crippen LogP contribution in [0.1, 0.15) is 34.6 Å². The summed E-state index contributed by atoms with van der Waals surface area (Å²) in [4.78, 5) is 45.0. The second-order valence-corrected chi connectivity index (χ2v) is 9.48. The van der Waals surface area contributed by atoms with Gasteiger partial charge in [0.15, 0.2) is 23.0 Å². The van der Waals surface area contributed by atoms with Crippen LogP contribution in [0.15, 0.2) is 24.3 Å². The maximum atomic E-state index is 13.9. The minimum absolute atomic E-state index is 0.108. The molecule has 1 heterocycles. The molecule has 0 aromatic heterocycles. The summed E-state index contributed by atoms with van der Waals surface area (Å²) in [6.45, 7) is 5.04. The van der Waals surface area contributed by atoms with Crippen LogP contribution in [-0.4, -0.2) is 121 Å². The molecule has 0 radical (unpaired) electrons. The fourth-order valence-electron chi connectivity index (χ4n) is 4.95. The van der Waals surface area contributed by atoms with Crippen molar-refractivity contribution in [2.75, 3.05) is 82.0 Å². The van der Waals surface area contributed by atoms with Gasteiger partial charge in [-0.1, -0.05) is 0 Å². The SMILES string of the molecule is CCN(CC)C(=O)OC[C@@H]1CN(C(=O)c2cc(OC)c(OC)c(OC)c2)CCN1C(=O)c1cc(OC)c(OC)c(OC)c1. The number of methoxy groups -OCH3 is 6. The first-order valence-corrected chi connectivity index (χ1v) is 13.8. The fraction of sp³-hybridized carbons (Fsp3) is 0.500. The van der Waals surface area contributed by atoms with E-state index in [1.807, 2.05) is 13.8 Å². The molecule has 0 aliphatic carbocycles. The number of carbonyl (C=O) groups is 3. The molecule has 0 N–H and O–H groups in total. The number of amides is 3. The van der Waals surface area contributed by atoms with Crippen LogP contribution in [0.5, 0.6) is 34.5 Å². The predicted molar refractivity (Wildman–Crippen MR) is 157 cm³/mol. The molecular formula is C30H41N3O10. The third-order valence-electron chi connectivity index (χ3n) is 7.27. The van der Waals surface area contributed by atoms with Crippen molar-refractivity contribution in [3.63, 3.8) is 0 Å². The van der Waals surface area contributed by atoms with Crippen molar-refractivity contribution in [1.29, 1.82) is 0 Å². The molecule has 3 amide bonds. The maximum absolute atomic E-state index is 13.9. The topological polar surface area (TPSA) is 126 Å². The monoisotopic (exact) mass is 603 g/mol. The number of carbonyl (C=O) groups excluding carboxylic acids is 3. The Morgan fingerprint density at radius 3 is 1.53 bits per heavy atom. The van der Waals surface area contributed by atoms with Gasteiger partial charge in [0, 0.05) is 43.9 Å². The Morgan fingerprint density at radius 1 is 0.698 bits per heavy atom. The highest BCUT2D eigenvalue weighted by atomic mass is 16.6. The molecule has 0 spiro atoms. The molecule has 0 unspecified atom stereocenters. The molecule has 13 heteroatoms. The Labute approximate surface area is 252 Å². The highest BCUT2D eigenvalue weighted by Crippen LogP contribution is 2.40. The summed E-state index contributed by atoms with van der Waals surface area (Å²) >= 11 is 0. The van der Waals surface area contributed by atoms with Crippen LogP contribution in [-0.2, 0) is 4.74 Å². The lowest BCUT2D eigenvalue weighted by atomic mass is 10.1. The summed E-state index contributed by atoms with van der Waals surface area (Å²) in [5.41, 5.74) is 0.608. The Kier molecular flexibility index (Phi) is 11.6. The second kappa shape index (κ2) is 15.1. The van der Waals surface area contributed by atoms with Crippen molar-refractivity contribution in [1.82, 2.24) is 14.7 Å². The van der Waals surface area contributed by atoms with E-state index in [0.29, 0.717) is 58.7 Å². The van der Waals surface area contributed by atoms with Gasteiger partial charge in [-0.2, -0.15) is 0 Å². The predicted octanol–water partition coefficient (Wildman–Crippen LogP) is 3.18. The van der Waals surface area contributed by atoms with Crippen LogP contribution in [0.3, 0.4) is 0 Å². The van der Waals surface area contributed by atoms with E-state index in [1.54, 1.807) is 34.1 Å². The molecule has 1 saturated heterocycles.